The first-order valence-electron chi connectivity index (χ1n) is 4.68. The van der Waals surface area contributed by atoms with Crippen LogP contribution in [0.2, 0.25) is 0 Å². The summed E-state index contributed by atoms with van der Waals surface area (Å²) in [6.45, 7) is 8.39. The van der Waals surface area contributed by atoms with Gasteiger partial charge in [-0.3, -0.25) is 0 Å². The molecule has 0 rings (SSSR count). The van der Waals surface area contributed by atoms with Crippen LogP contribution in [0.4, 0.5) is 0 Å². The maximum atomic E-state index is 11.0. The largest absolute Gasteiger partial charge is 0.330 e. The quantitative estimate of drug-likeness (QED) is 0.717. The second kappa shape index (κ2) is 4.16. The molecule has 0 radical (unpaired) electrons. The van der Waals surface area contributed by atoms with Crippen LogP contribution >= 0.6 is 0 Å². The van der Waals surface area contributed by atoms with Crippen molar-refractivity contribution in [3.8, 4) is 0 Å². The van der Waals surface area contributed by atoms with Crippen LogP contribution < -0.4 is 10.9 Å². The van der Waals surface area contributed by atoms with E-state index in [0.29, 0.717) is 6.54 Å². The van der Waals surface area contributed by atoms with Gasteiger partial charge in [-0.25, -0.2) is 13.6 Å². The highest BCUT2D eigenvalue weighted by atomic mass is 32.2. The minimum Gasteiger partial charge on any atom is -0.330 e. The summed E-state index contributed by atoms with van der Waals surface area (Å²) in [4.78, 5) is 0. The molecule has 0 aliphatic carbocycles. The molecule has 5 heteroatoms. The summed E-state index contributed by atoms with van der Waals surface area (Å²) >= 11 is 0. The molecule has 0 unspecified atom stereocenters. The van der Waals surface area contributed by atoms with Crippen LogP contribution in [0, 0.1) is 10.8 Å². The third-order valence-corrected chi connectivity index (χ3v) is 3.29. The summed E-state index contributed by atoms with van der Waals surface area (Å²) in [6, 6.07) is 0. The molecular formula is C9H22N2O2S. The fourth-order valence-corrected chi connectivity index (χ4v) is 3.15. The lowest BCUT2D eigenvalue weighted by molar-refractivity contribution is 0.222. The monoisotopic (exact) mass is 222 g/mol. The topological polar surface area (TPSA) is 86.2 Å². The van der Waals surface area contributed by atoms with E-state index in [1.165, 1.54) is 0 Å². The van der Waals surface area contributed by atoms with Gasteiger partial charge in [0.25, 0.3) is 0 Å². The van der Waals surface area contributed by atoms with Crippen molar-refractivity contribution in [1.29, 1.82) is 0 Å². The van der Waals surface area contributed by atoms with Gasteiger partial charge in [0.05, 0.1) is 5.75 Å². The molecule has 0 aromatic carbocycles. The smallest absolute Gasteiger partial charge is 0.209 e. The van der Waals surface area contributed by atoms with Crippen LogP contribution in [-0.4, -0.2) is 20.7 Å². The standard InChI is InChI=1S/C9H22N2O2S/c1-8(2,6-10)5-9(3,4)7-14(11,12)13/h5-7,10H2,1-4H3,(H2,11,12,13). The Morgan fingerprint density at radius 3 is 1.79 bits per heavy atom. The van der Waals surface area contributed by atoms with Crippen molar-refractivity contribution in [3.63, 3.8) is 0 Å². The van der Waals surface area contributed by atoms with Gasteiger partial charge in [0.1, 0.15) is 0 Å². The Hall–Kier alpha value is -0.130. The first-order valence-corrected chi connectivity index (χ1v) is 6.40. The molecule has 0 bridgehead atoms. The Balaban J connectivity index is 4.50. The Kier molecular flexibility index (Phi) is 4.12. The van der Waals surface area contributed by atoms with Gasteiger partial charge in [-0.05, 0) is 23.8 Å². The zero-order valence-corrected chi connectivity index (χ0v) is 10.3. The number of rotatable bonds is 5. The highest BCUT2D eigenvalue weighted by Gasteiger charge is 2.30. The number of hydrogen-bond acceptors (Lipinski definition) is 3. The second-order valence-electron chi connectivity index (χ2n) is 5.52. The first-order chi connectivity index (χ1) is 5.97. The summed E-state index contributed by atoms with van der Waals surface area (Å²) < 4.78 is 21.9. The molecule has 0 aromatic heterocycles. The van der Waals surface area contributed by atoms with Crippen molar-refractivity contribution >= 4 is 10.0 Å². The van der Waals surface area contributed by atoms with E-state index in [2.05, 4.69) is 0 Å². The van der Waals surface area contributed by atoms with Crippen molar-refractivity contribution in [1.82, 2.24) is 0 Å². The molecule has 4 N–H and O–H groups in total. The first kappa shape index (κ1) is 13.9. The summed E-state index contributed by atoms with van der Waals surface area (Å²) in [5, 5.41) is 5.02. The molecule has 0 aromatic rings. The van der Waals surface area contributed by atoms with Crippen LogP contribution in [0.25, 0.3) is 0 Å². The van der Waals surface area contributed by atoms with E-state index in [9.17, 15) is 8.42 Å². The Morgan fingerprint density at radius 2 is 1.50 bits per heavy atom. The highest BCUT2D eigenvalue weighted by Crippen LogP contribution is 2.33. The summed E-state index contributed by atoms with van der Waals surface area (Å²) in [7, 11) is -3.40. The van der Waals surface area contributed by atoms with Crippen molar-refractivity contribution in [2.45, 2.75) is 34.1 Å². The van der Waals surface area contributed by atoms with Crippen molar-refractivity contribution in [2.75, 3.05) is 12.3 Å². The van der Waals surface area contributed by atoms with Crippen molar-refractivity contribution in [3.05, 3.63) is 0 Å². The number of hydrogen-bond donors (Lipinski definition) is 2. The maximum absolute atomic E-state index is 11.0. The molecule has 86 valence electrons. The van der Waals surface area contributed by atoms with Gasteiger partial charge in [0.2, 0.25) is 10.0 Å². The number of primary sulfonamides is 1. The van der Waals surface area contributed by atoms with Gasteiger partial charge in [-0.2, -0.15) is 0 Å². The normalized spacial score (nSPS) is 14.4. The molecule has 0 saturated heterocycles. The Morgan fingerprint density at radius 1 is 1.07 bits per heavy atom. The third kappa shape index (κ3) is 6.34. The lowest BCUT2D eigenvalue weighted by Crippen LogP contribution is -2.35. The summed E-state index contributed by atoms with van der Waals surface area (Å²) in [5.74, 6) is 0.00340. The predicted octanol–water partition coefficient (Wildman–Crippen LogP) is 0.676. The van der Waals surface area contributed by atoms with Gasteiger partial charge in [0.15, 0.2) is 0 Å². The minimum absolute atomic E-state index is 0.00340. The molecule has 0 heterocycles. The van der Waals surface area contributed by atoms with Crippen LogP contribution in [0.3, 0.4) is 0 Å². The van der Waals surface area contributed by atoms with E-state index in [-0.39, 0.29) is 16.6 Å². The van der Waals surface area contributed by atoms with Gasteiger partial charge < -0.3 is 5.73 Å². The zero-order chi connectivity index (χ0) is 11.6. The second-order valence-corrected chi connectivity index (χ2v) is 7.13. The molecule has 0 atom stereocenters. The SMILES string of the molecule is CC(C)(CN)CC(C)(C)CS(N)(=O)=O. The van der Waals surface area contributed by atoms with E-state index in [0.717, 1.165) is 6.42 Å². The van der Waals surface area contributed by atoms with E-state index < -0.39 is 10.0 Å². The fourth-order valence-electron chi connectivity index (χ4n) is 1.96. The average molecular weight is 222 g/mol. The number of nitrogens with two attached hydrogens (primary N) is 2. The van der Waals surface area contributed by atoms with Gasteiger partial charge in [-0.1, -0.05) is 27.7 Å². The van der Waals surface area contributed by atoms with Gasteiger partial charge in [-0.15, -0.1) is 0 Å². The van der Waals surface area contributed by atoms with E-state index in [1.54, 1.807) is 0 Å². The summed E-state index contributed by atoms with van der Waals surface area (Å²) in [6.07, 6.45) is 0.743. The van der Waals surface area contributed by atoms with Gasteiger partial charge >= 0.3 is 0 Å². The van der Waals surface area contributed by atoms with Crippen LogP contribution in [0.1, 0.15) is 34.1 Å². The summed E-state index contributed by atoms with van der Waals surface area (Å²) in [5.41, 5.74) is 5.23. The highest BCUT2D eigenvalue weighted by molar-refractivity contribution is 7.89. The third-order valence-electron chi connectivity index (χ3n) is 2.10. The molecular weight excluding hydrogens is 200 g/mol. The molecule has 0 amide bonds. The molecule has 0 aliphatic heterocycles. The van der Waals surface area contributed by atoms with Crippen molar-refractivity contribution < 1.29 is 8.42 Å². The zero-order valence-electron chi connectivity index (χ0n) is 9.50. The molecule has 0 saturated carbocycles. The van der Waals surface area contributed by atoms with Crippen LogP contribution in [-0.2, 0) is 10.0 Å². The van der Waals surface area contributed by atoms with Crippen molar-refractivity contribution in [2.24, 2.45) is 21.7 Å². The van der Waals surface area contributed by atoms with Crippen LogP contribution in [0.5, 0.6) is 0 Å². The minimum atomic E-state index is -3.40. The molecule has 14 heavy (non-hydrogen) atoms. The Labute approximate surface area is 87.1 Å². The maximum Gasteiger partial charge on any atom is 0.209 e. The number of sulfonamides is 1. The van der Waals surface area contributed by atoms with E-state index in [1.807, 2.05) is 27.7 Å². The van der Waals surface area contributed by atoms with Crippen LogP contribution in [0.15, 0.2) is 0 Å². The van der Waals surface area contributed by atoms with Gasteiger partial charge in [0, 0.05) is 0 Å². The predicted molar refractivity (Wildman–Crippen MR) is 59.2 cm³/mol. The lowest BCUT2D eigenvalue weighted by Gasteiger charge is -2.33. The fraction of sp³-hybridized carbons (Fsp3) is 1.00. The molecule has 4 nitrogen and oxygen atoms in total. The lowest BCUT2D eigenvalue weighted by atomic mass is 9.76. The Bertz CT molecular complexity index is 281. The average Bonchev–Trinajstić information content (AvgIpc) is 1.78. The molecule has 0 aliphatic rings. The van der Waals surface area contributed by atoms with E-state index >= 15 is 0 Å². The molecule has 0 fully saturated rings. The molecule has 0 spiro atoms. The van der Waals surface area contributed by atoms with E-state index in [4.69, 9.17) is 10.9 Å².